The second-order valence-electron chi connectivity index (χ2n) is 8.40. The van der Waals surface area contributed by atoms with E-state index in [1.165, 1.54) is 12.1 Å². The third-order valence-corrected chi connectivity index (χ3v) is 3.62. The number of ether oxygens (including phenoxy) is 3. The normalized spacial score (nSPS) is 11.6. The molecular weight excluding hydrogens is 431 g/mol. The lowest BCUT2D eigenvalue weighted by atomic mass is 10.2. The second-order valence-corrected chi connectivity index (χ2v) is 8.78. The van der Waals surface area contributed by atoms with Crippen molar-refractivity contribution in [3.05, 3.63) is 35.4 Å². The molecule has 9 nitrogen and oxygen atoms in total. The molecule has 31 heavy (non-hydrogen) atoms. The number of nitrogen functional groups attached to an aromatic ring is 1. The van der Waals surface area contributed by atoms with E-state index in [1.807, 2.05) is 0 Å². The van der Waals surface area contributed by atoms with E-state index in [-0.39, 0.29) is 28.2 Å². The first-order valence-corrected chi connectivity index (χ1v) is 9.55. The van der Waals surface area contributed by atoms with Gasteiger partial charge in [0.2, 0.25) is 5.88 Å². The molecule has 0 aliphatic rings. The molecule has 2 rings (SSSR count). The van der Waals surface area contributed by atoms with Crippen molar-refractivity contribution in [2.45, 2.75) is 52.7 Å². The minimum atomic E-state index is -1.06. The zero-order chi connectivity index (χ0) is 23.6. The molecule has 1 aromatic carbocycles. The first kappa shape index (κ1) is 24.1. The average molecular weight is 455 g/mol. The van der Waals surface area contributed by atoms with Gasteiger partial charge in [0.1, 0.15) is 34.1 Å². The zero-order valence-corrected chi connectivity index (χ0v) is 18.8. The monoisotopic (exact) mass is 454 g/mol. The summed E-state index contributed by atoms with van der Waals surface area (Å²) in [5.41, 5.74) is 3.55. The van der Waals surface area contributed by atoms with Gasteiger partial charge in [-0.15, -0.1) is 0 Å². The molecule has 0 aliphatic carbocycles. The van der Waals surface area contributed by atoms with Crippen LogP contribution in [0.4, 0.5) is 25.5 Å². The molecule has 2 N–H and O–H groups in total. The maximum atomic E-state index is 13.7. The fraction of sp³-hybridized carbons (Fsp3) is 0.400. The molecule has 0 saturated heterocycles. The van der Waals surface area contributed by atoms with Crippen LogP contribution in [0, 0.1) is 5.82 Å². The Morgan fingerprint density at radius 3 is 2.06 bits per heavy atom. The van der Waals surface area contributed by atoms with Crippen molar-refractivity contribution >= 4 is 35.3 Å². The van der Waals surface area contributed by atoms with Crippen LogP contribution in [0.1, 0.15) is 41.5 Å². The number of hydrogen-bond acceptors (Lipinski definition) is 8. The minimum Gasteiger partial charge on any atom is -0.443 e. The summed E-state index contributed by atoms with van der Waals surface area (Å²) < 4.78 is 29.8. The van der Waals surface area contributed by atoms with Gasteiger partial charge in [0, 0.05) is 6.07 Å². The number of imide groups is 1. The Balaban J connectivity index is 2.47. The van der Waals surface area contributed by atoms with Crippen molar-refractivity contribution in [2.75, 3.05) is 10.6 Å². The topological polar surface area (TPSA) is 117 Å². The summed E-state index contributed by atoms with van der Waals surface area (Å²) in [5, 5.41) is -0.295. The zero-order valence-electron chi connectivity index (χ0n) is 18.0. The van der Waals surface area contributed by atoms with Crippen molar-refractivity contribution < 1.29 is 28.2 Å². The van der Waals surface area contributed by atoms with Gasteiger partial charge in [-0.2, -0.15) is 9.88 Å². The van der Waals surface area contributed by atoms with Gasteiger partial charge in [-0.05, 0) is 53.7 Å². The quantitative estimate of drug-likeness (QED) is 0.619. The third-order valence-electron chi connectivity index (χ3n) is 3.29. The smallest absolute Gasteiger partial charge is 0.425 e. The molecule has 11 heteroatoms. The third kappa shape index (κ3) is 6.68. The molecular formula is C20H24ClFN4O5. The van der Waals surface area contributed by atoms with Gasteiger partial charge < -0.3 is 19.9 Å². The van der Waals surface area contributed by atoms with Crippen LogP contribution < -0.4 is 15.4 Å². The van der Waals surface area contributed by atoms with Gasteiger partial charge in [-0.1, -0.05) is 11.6 Å². The highest BCUT2D eigenvalue weighted by molar-refractivity contribution is 6.35. The average Bonchev–Trinajstić information content (AvgIpc) is 2.58. The van der Waals surface area contributed by atoms with Gasteiger partial charge in [0.05, 0.1) is 5.69 Å². The number of carbonyl (C=O) groups is 2. The van der Waals surface area contributed by atoms with Crippen LogP contribution in [0.25, 0.3) is 0 Å². The number of benzene rings is 1. The molecule has 0 atom stereocenters. The molecule has 168 valence electrons. The van der Waals surface area contributed by atoms with Crippen LogP contribution in [0.15, 0.2) is 24.5 Å². The van der Waals surface area contributed by atoms with Crippen LogP contribution in [-0.4, -0.2) is 33.4 Å². The molecule has 0 spiro atoms. The highest BCUT2D eigenvalue weighted by Gasteiger charge is 2.36. The number of amides is 2. The Hall–Kier alpha value is -3.14. The summed E-state index contributed by atoms with van der Waals surface area (Å²) in [6.45, 7) is 9.77. The fourth-order valence-corrected chi connectivity index (χ4v) is 2.34. The summed E-state index contributed by atoms with van der Waals surface area (Å²) >= 11 is 6.33. The summed E-state index contributed by atoms with van der Waals surface area (Å²) in [7, 11) is 0. The lowest BCUT2D eigenvalue weighted by molar-refractivity contribution is 0.0429. The molecule has 0 fully saturated rings. The van der Waals surface area contributed by atoms with Gasteiger partial charge >= 0.3 is 12.2 Å². The molecule has 0 unspecified atom stereocenters. The van der Waals surface area contributed by atoms with Gasteiger partial charge in [0.25, 0.3) is 0 Å². The van der Waals surface area contributed by atoms with Gasteiger partial charge in [-0.3, -0.25) is 0 Å². The maximum Gasteiger partial charge on any atom is 0.425 e. The Kier molecular flexibility index (Phi) is 6.95. The predicted octanol–water partition coefficient (Wildman–Crippen LogP) is 5.32. The summed E-state index contributed by atoms with van der Waals surface area (Å²) in [6, 6.07) is 3.73. The van der Waals surface area contributed by atoms with Crippen LogP contribution in [0.3, 0.4) is 0 Å². The second kappa shape index (κ2) is 8.93. The minimum absolute atomic E-state index is 0.0411. The first-order valence-electron chi connectivity index (χ1n) is 9.17. The van der Waals surface area contributed by atoms with E-state index in [9.17, 15) is 14.0 Å². The van der Waals surface area contributed by atoms with E-state index in [0.717, 1.165) is 12.4 Å². The molecule has 1 heterocycles. The number of carbonyl (C=O) groups excluding carboxylic acids is 2. The number of halogens is 2. The number of anilines is 2. The Bertz CT molecular complexity index is 961. The molecule has 2 amide bonds. The largest absolute Gasteiger partial charge is 0.443 e. The number of nitrogens with zero attached hydrogens (tertiary/aromatic N) is 3. The maximum absolute atomic E-state index is 13.7. The van der Waals surface area contributed by atoms with E-state index < -0.39 is 29.2 Å². The van der Waals surface area contributed by atoms with Crippen molar-refractivity contribution in [1.29, 1.82) is 0 Å². The number of rotatable bonds is 3. The van der Waals surface area contributed by atoms with Crippen molar-refractivity contribution in [1.82, 2.24) is 9.97 Å². The van der Waals surface area contributed by atoms with Crippen LogP contribution in [0.5, 0.6) is 11.6 Å². The molecule has 1 aromatic heterocycles. The van der Waals surface area contributed by atoms with Gasteiger partial charge in [0.15, 0.2) is 5.82 Å². The van der Waals surface area contributed by atoms with E-state index in [0.29, 0.717) is 4.90 Å². The Morgan fingerprint density at radius 1 is 1.03 bits per heavy atom. The van der Waals surface area contributed by atoms with E-state index in [2.05, 4.69) is 9.97 Å². The number of nitrogens with two attached hydrogens (primary N) is 1. The van der Waals surface area contributed by atoms with E-state index in [4.69, 9.17) is 31.5 Å². The van der Waals surface area contributed by atoms with Crippen LogP contribution >= 0.6 is 11.6 Å². The van der Waals surface area contributed by atoms with E-state index in [1.54, 1.807) is 41.5 Å². The van der Waals surface area contributed by atoms with E-state index >= 15 is 0 Å². The molecule has 2 aromatic rings. The number of aromatic nitrogens is 2. The SMILES string of the molecule is CC(C)(C)OC(=O)N(C(=O)OC(C)(C)C)c1ncnc(Oc2ccc(N)c(F)c2)c1Cl. The van der Waals surface area contributed by atoms with Gasteiger partial charge in [-0.25, -0.2) is 19.0 Å². The molecule has 0 aliphatic heterocycles. The fourth-order valence-electron chi connectivity index (χ4n) is 2.12. The lowest BCUT2D eigenvalue weighted by Gasteiger charge is -2.28. The van der Waals surface area contributed by atoms with Crippen molar-refractivity contribution in [2.24, 2.45) is 0 Å². The van der Waals surface area contributed by atoms with Crippen molar-refractivity contribution in [3.8, 4) is 11.6 Å². The standard InChI is InChI=1S/C20H24ClFN4O5/c1-19(2,3)30-17(27)26(18(28)31-20(4,5)6)15-14(21)16(25-10-24-15)29-11-7-8-13(23)12(22)9-11/h7-10H,23H2,1-6H3. The first-order chi connectivity index (χ1) is 14.2. The Morgan fingerprint density at radius 2 is 1.58 bits per heavy atom. The highest BCUT2D eigenvalue weighted by Crippen LogP contribution is 2.35. The number of hydrogen-bond donors (Lipinski definition) is 1. The molecule has 0 radical (unpaired) electrons. The molecule has 0 saturated carbocycles. The summed E-state index contributed by atoms with van der Waals surface area (Å²) in [5.74, 6) is -1.22. The van der Waals surface area contributed by atoms with Crippen LogP contribution in [-0.2, 0) is 9.47 Å². The highest BCUT2D eigenvalue weighted by atomic mass is 35.5. The molecule has 0 bridgehead atoms. The predicted molar refractivity (Wildman–Crippen MR) is 113 cm³/mol. The van der Waals surface area contributed by atoms with Crippen molar-refractivity contribution in [3.63, 3.8) is 0 Å². The summed E-state index contributed by atoms with van der Waals surface area (Å²) in [4.78, 5) is 33.9. The lowest BCUT2D eigenvalue weighted by Crippen LogP contribution is -2.44. The summed E-state index contributed by atoms with van der Waals surface area (Å²) in [6.07, 6.45) is -1.11. The Labute approximate surface area is 184 Å². The van der Waals surface area contributed by atoms with Crippen LogP contribution in [0.2, 0.25) is 5.02 Å².